The summed E-state index contributed by atoms with van der Waals surface area (Å²) in [7, 11) is 0. The lowest BCUT2D eigenvalue weighted by molar-refractivity contribution is 0.0917. The zero-order valence-electron chi connectivity index (χ0n) is 16.0. The molecule has 1 fully saturated rings. The molecule has 3 heterocycles. The van der Waals surface area contributed by atoms with Crippen LogP contribution in [0.2, 0.25) is 0 Å². The number of carbonyl (C=O) groups excluding carboxylic acids is 1. The standard InChI is InChI=1S/C22H20N4O2S/c1-14-4-6-18-20(11-14)29-22(25-18)26(13-16-3-2-10-28-16)21(27)15-5-7-17-19(12-15)24-9-8-23-17/h4-9,11-12,16H,2-3,10,13H2,1H3. The van der Waals surface area contributed by atoms with Crippen molar-refractivity contribution in [2.75, 3.05) is 18.1 Å². The molecule has 1 aliphatic heterocycles. The largest absolute Gasteiger partial charge is 0.376 e. The first kappa shape index (κ1) is 18.1. The number of hydrogen-bond acceptors (Lipinski definition) is 6. The number of amides is 1. The molecule has 146 valence electrons. The van der Waals surface area contributed by atoms with E-state index < -0.39 is 0 Å². The number of ether oxygens (including phenoxy) is 1. The fourth-order valence-electron chi connectivity index (χ4n) is 3.63. The number of aromatic nitrogens is 3. The Labute approximate surface area is 172 Å². The van der Waals surface area contributed by atoms with Crippen molar-refractivity contribution in [2.24, 2.45) is 0 Å². The van der Waals surface area contributed by atoms with Gasteiger partial charge in [-0.05, 0) is 55.7 Å². The second kappa shape index (κ2) is 7.50. The molecule has 1 amide bonds. The van der Waals surface area contributed by atoms with E-state index in [2.05, 4.69) is 23.0 Å². The number of thiazole rings is 1. The lowest BCUT2D eigenvalue weighted by atomic mass is 10.1. The number of benzene rings is 2. The highest BCUT2D eigenvalue weighted by molar-refractivity contribution is 7.22. The van der Waals surface area contributed by atoms with Gasteiger partial charge in [0, 0.05) is 24.6 Å². The minimum absolute atomic E-state index is 0.0351. The fraction of sp³-hybridized carbons (Fsp3) is 0.273. The maximum atomic E-state index is 13.5. The predicted octanol–water partition coefficient (Wildman–Crippen LogP) is 4.37. The third-order valence-electron chi connectivity index (χ3n) is 5.14. The van der Waals surface area contributed by atoms with Crippen molar-refractivity contribution in [1.29, 1.82) is 0 Å². The molecule has 5 rings (SSSR count). The van der Waals surface area contributed by atoms with Gasteiger partial charge in [-0.1, -0.05) is 17.4 Å². The van der Waals surface area contributed by atoms with Crippen molar-refractivity contribution in [1.82, 2.24) is 15.0 Å². The minimum atomic E-state index is -0.0937. The van der Waals surface area contributed by atoms with Gasteiger partial charge in [-0.25, -0.2) is 4.98 Å². The Morgan fingerprint density at radius 3 is 2.79 bits per heavy atom. The molecule has 1 atom stereocenters. The van der Waals surface area contributed by atoms with Gasteiger partial charge in [0.15, 0.2) is 5.13 Å². The highest BCUT2D eigenvalue weighted by atomic mass is 32.1. The summed E-state index contributed by atoms with van der Waals surface area (Å²) >= 11 is 1.54. The Balaban J connectivity index is 1.55. The molecule has 1 saturated heterocycles. The molecular formula is C22H20N4O2S. The lowest BCUT2D eigenvalue weighted by Crippen LogP contribution is -2.37. The van der Waals surface area contributed by atoms with Crippen molar-refractivity contribution in [3.63, 3.8) is 0 Å². The maximum Gasteiger partial charge on any atom is 0.260 e. The van der Waals surface area contributed by atoms with Gasteiger partial charge in [0.25, 0.3) is 5.91 Å². The summed E-state index contributed by atoms with van der Waals surface area (Å²) in [6, 6.07) is 11.6. The summed E-state index contributed by atoms with van der Waals surface area (Å²) in [4.78, 5) is 28.6. The van der Waals surface area contributed by atoms with Crippen LogP contribution in [0.5, 0.6) is 0 Å². The van der Waals surface area contributed by atoms with E-state index in [1.165, 1.54) is 16.9 Å². The number of rotatable bonds is 4. The predicted molar refractivity (Wildman–Crippen MR) is 115 cm³/mol. The van der Waals surface area contributed by atoms with Crippen LogP contribution >= 0.6 is 11.3 Å². The van der Waals surface area contributed by atoms with E-state index in [9.17, 15) is 4.79 Å². The van der Waals surface area contributed by atoms with Crippen LogP contribution in [0.4, 0.5) is 5.13 Å². The number of carbonyl (C=O) groups is 1. The zero-order chi connectivity index (χ0) is 19.8. The van der Waals surface area contributed by atoms with Gasteiger partial charge < -0.3 is 4.74 Å². The zero-order valence-corrected chi connectivity index (χ0v) is 16.9. The number of nitrogens with zero attached hydrogens (tertiary/aromatic N) is 4. The Kier molecular flexibility index (Phi) is 4.69. The van der Waals surface area contributed by atoms with E-state index >= 15 is 0 Å². The molecule has 29 heavy (non-hydrogen) atoms. The van der Waals surface area contributed by atoms with Crippen LogP contribution in [-0.4, -0.2) is 40.1 Å². The molecule has 7 heteroatoms. The summed E-state index contributed by atoms with van der Waals surface area (Å²) in [5, 5.41) is 0.699. The Bertz CT molecular complexity index is 1200. The van der Waals surface area contributed by atoms with Crippen LogP contribution in [0.3, 0.4) is 0 Å². The number of fused-ring (bicyclic) bond motifs is 2. The maximum absolute atomic E-state index is 13.5. The van der Waals surface area contributed by atoms with Gasteiger partial charge in [0.2, 0.25) is 0 Å². The van der Waals surface area contributed by atoms with E-state index in [-0.39, 0.29) is 12.0 Å². The topological polar surface area (TPSA) is 68.2 Å². The average molecular weight is 404 g/mol. The Morgan fingerprint density at radius 1 is 1.14 bits per heavy atom. The molecule has 2 aromatic heterocycles. The van der Waals surface area contributed by atoms with Gasteiger partial charge in [-0.15, -0.1) is 0 Å². The van der Waals surface area contributed by atoms with E-state index in [1.807, 2.05) is 18.2 Å². The van der Waals surface area contributed by atoms with Gasteiger partial charge in [0.05, 0.1) is 33.9 Å². The first-order valence-electron chi connectivity index (χ1n) is 9.69. The van der Waals surface area contributed by atoms with Crippen LogP contribution in [0.25, 0.3) is 21.3 Å². The van der Waals surface area contributed by atoms with Crippen LogP contribution in [0.15, 0.2) is 48.8 Å². The summed E-state index contributed by atoms with van der Waals surface area (Å²) in [6.07, 6.45) is 5.30. The van der Waals surface area contributed by atoms with E-state index in [1.54, 1.807) is 29.4 Å². The van der Waals surface area contributed by atoms with E-state index in [4.69, 9.17) is 9.72 Å². The normalized spacial score (nSPS) is 16.5. The smallest absolute Gasteiger partial charge is 0.260 e. The Morgan fingerprint density at radius 2 is 1.97 bits per heavy atom. The second-order valence-corrected chi connectivity index (χ2v) is 8.29. The minimum Gasteiger partial charge on any atom is -0.376 e. The highest BCUT2D eigenvalue weighted by Gasteiger charge is 2.27. The van der Waals surface area contributed by atoms with Crippen LogP contribution in [-0.2, 0) is 4.74 Å². The molecule has 0 saturated carbocycles. The first-order chi connectivity index (χ1) is 14.2. The number of hydrogen-bond donors (Lipinski definition) is 0. The van der Waals surface area contributed by atoms with Gasteiger partial charge in [-0.3, -0.25) is 19.7 Å². The van der Waals surface area contributed by atoms with Crippen LogP contribution < -0.4 is 4.90 Å². The van der Waals surface area contributed by atoms with E-state index in [0.29, 0.717) is 22.8 Å². The molecule has 0 N–H and O–H groups in total. The van der Waals surface area contributed by atoms with Crippen molar-refractivity contribution in [2.45, 2.75) is 25.9 Å². The van der Waals surface area contributed by atoms with Gasteiger partial charge >= 0.3 is 0 Å². The third kappa shape index (κ3) is 3.59. The quantitative estimate of drug-likeness (QED) is 0.505. The first-order valence-corrected chi connectivity index (χ1v) is 10.5. The molecular weight excluding hydrogens is 384 g/mol. The fourth-order valence-corrected chi connectivity index (χ4v) is 4.70. The summed E-state index contributed by atoms with van der Waals surface area (Å²) in [6.45, 7) is 3.30. The molecule has 0 bridgehead atoms. The average Bonchev–Trinajstić information content (AvgIpc) is 3.40. The highest BCUT2D eigenvalue weighted by Crippen LogP contribution is 2.31. The third-order valence-corrected chi connectivity index (χ3v) is 6.18. The monoisotopic (exact) mass is 404 g/mol. The van der Waals surface area contributed by atoms with Gasteiger partial charge in [-0.2, -0.15) is 0 Å². The van der Waals surface area contributed by atoms with Crippen molar-refractivity contribution >= 4 is 43.6 Å². The molecule has 0 spiro atoms. The van der Waals surface area contributed by atoms with Crippen LogP contribution in [0.1, 0.15) is 28.8 Å². The molecule has 0 aliphatic carbocycles. The molecule has 1 aliphatic rings. The SMILES string of the molecule is Cc1ccc2nc(N(CC3CCCO3)C(=O)c3ccc4nccnc4c3)sc2c1. The van der Waals surface area contributed by atoms with Gasteiger partial charge in [0.1, 0.15) is 0 Å². The lowest BCUT2D eigenvalue weighted by Gasteiger charge is -2.23. The molecule has 2 aromatic carbocycles. The number of anilines is 1. The molecule has 4 aromatic rings. The van der Waals surface area contributed by atoms with Crippen molar-refractivity contribution in [3.05, 3.63) is 59.9 Å². The van der Waals surface area contributed by atoms with Crippen LogP contribution in [0, 0.1) is 6.92 Å². The summed E-state index contributed by atoms with van der Waals surface area (Å²) in [5.41, 5.74) is 4.13. The van der Waals surface area contributed by atoms with E-state index in [0.717, 1.165) is 35.2 Å². The summed E-state index contributed by atoms with van der Waals surface area (Å²) in [5.74, 6) is -0.0937. The molecule has 0 radical (unpaired) electrons. The van der Waals surface area contributed by atoms with Crippen molar-refractivity contribution in [3.8, 4) is 0 Å². The molecule has 6 nitrogen and oxygen atoms in total. The summed E-state index contributed by atoms with van der Waals surface area (Å²) < 4.78 is 6.89. The Hall–Kier alpha value is -2.90. The molecule has 1 unspecified atom stereocenters. The second-order valence-electron chi connectivity index (χ2n) is 7.28. The van der Waals surface area contributed by atoms with Crippen molar-refractivity contribution < 1.29 is 9.53 Å². The number of aryl methyl sites for hydroxylation is 1.